The van der Waals surface area contributed by atoms with Crippen LogP contribution in [0, 0.1) is 6.92 Å². The number of rotatable bonds is 5. The Hall–Kier alpha value is -1.13. The number of furan rings is 1. The average Bonchev–Trinajstić information content (AvgIpc) is 2.90. The zero-order valence-electron chi connectivity index (χ0n) is 9.56. The minimum absolute atomic E-state index is 0.454. The van der Waals surface area contributed by atoms with E-state index in [-0.39, 0.29) is 0 Å². The highest BCUT2D eigenvalue weighted by atomic mass is 32.1. The van der Waals surface area contributed by atoms with E-state index in [2.05, 4.69) is 24.1 Å². The van der Waals surface area contributed by atoms with Crippen molar-refractivity contribution in [2.45, 2.75) is 26.3 Å². The number of hydrogen-bond acceptors (Lipinski definition) is 4. The van der Waals surface area contributed by atoms with Crippen molar-refractivity contribution < 1.29 is 4.42 Å². The molecule has 0 bridgehead atoms. The molecule has 0 amide bonds. The van der Waals surface area contributed by atoms with Crippen molar-refractivity contribution in [1.29, 1.82) is 0 Å². The average molecular weight is 236 g/mol. The van der Waals surface area contributed by atoms with E-state index in [1.54, 1.807) is 17.6 Å². The molecule has 1 unspecified atom stereocenters. The van der Waals surface area contributed by atoms with E-state index in [1.165, 1.54) is 10.6 Å². The highest BCUT2D eigenvalue weighted by molar-refractivity contribution is 7.09. The Bertz CT molecular complexity index is 422. The molecule has 0 radical (unpaired) electrons. The smallest absolute Gasteiger partial charge is 0.120 e. The van der Waals surface area contributed by atoms with Crippen molar-refractivity contribution in [2.75, 3.05) is 6.54 Å². The van der Waals surface area contributed by atoms with Gasteiger partial charge in [0.2, 0.25) is 0 Å². The van der Waals surface area contributed by atoms with E-state index < -0.39 is 0 Å². The van der Waals surface area contributed by atoms with Gasteiger partial charge in [-0.3, -0.25) is 0 Å². The topological polar surface area (TPSA) is 38.1 Å². The third-order valence-corrected chi connectivity index (χ3v) is 3.58. The Labute approximate surface area is 99.5 Å². The van der Waals surface area contributed by atoms with Gasteiger partial charge < -0.3 is 9.73 Å². The predicted octanol–water partition coefficient (Wildman–Crippen LogP) is 2.94. The van der Waals surface area contributed by atoms with Gasteiger partial charge in [-0.25, -0.2) is 4.98 Å². The molecule has 0 aliphatic rings. The number of hydrogen-bond donors (Lipinski definition) is 1. The third kappa shape index (κ3) is 2.71. The zero-order valence-corrected chi connectivity index (χ0v) is 10.4. The molecule has 4 heteroatoms. The van der Waals surface area contributed by atoms with Crippen LogP contribution in [0.2, 0.25) is 0 Å². The first-order chi connectivity index (χ1) is 7.77. The molecule has 0 aliphatic heterocycles. The van der Waals surface area contributed by atoms with Gasteiger partial charge in [0.05, 0.1) is 17.8 Å². The van der Waals surface area contributed by atoms with E-state index in [4.69, 9.17) is 4.42 Å². The molecule has 0 saturated heterocycles. The molecule has 3 nitrogen and oxygen atoms in total. The summed E-state index contributed by atoms with van der Waals surface area (Å²) in [6.07, 6.45) is 3.59. The molecule has 2 aromatic heterocycles. The van der Waals surface area contributed by atoms with Crippen molar-refractivity contribution in [3.05, 3.63) is 40.2 Å². The molecule has 0 saturated carbocycles. The number of aryl methyl sites for hydroxylation is 1. The Morgan fingerprint density at radius 2 is 2.44 bits per heavy atom. The second-order valence-electron chi connectivity index (χ2n) is 3.93. The van der Waals surface area contributed by atoms with E-state index in [9.17, 15) is 0 Å². The zero-order chi connectivity index (χ0) is 11.4. The maximum Gasteiger partial charge on any atom is 0.120 e. The molecule has 0 fully saturated rings. The second-order valence-corrected chi connectivity index (χ2v) is 4.86. The van der Waals surface area contributed by atoms with Crippen molar-refractivity contribution >= 4 is 11.3 Å². The number of thiazole rings is 1. The first-order valence-electron chi connectivity index (χ1n) is 5.40. The summed E-state index contributed by atoms with van der Waals surface area (Å²) in [5, 5.41) is 6.59. The lowest BCUT2D eigenvalue weighted by Crippen LogP contribution is -2.19. The molecule has 0 spiro atoms. The molecule has 16 heavy (non-hydrogen) atoms. The monoisotopic (exact) mass is 236 g/mol. The van der Waals surface area contributed by atoms with Gasteiger partial charge in [-0.2, -0.15) is 0 Å². The lowest BCUT2D eigenvalue weighted by Gasteiger charge is -2.09. The summed E-state index contributed by atoms with van der Waals surface area (Å²) in [6, 6.07) is 1.99. The minimum atomic E-state index is 0.454. The fraction of sp³-hybridized carbons (Fsp3) is 0.417. The standard InChI is InChI=1S/C12H16N2OS/c1-9-3-5-15-11(9)8-13-7-10(2)12-14-4-6-16-12/h3-6,10,13H,7-8H2,1-2H3. The van der Waals surface area contributed by atoms with Crippen LogP contribution in [0.5, 0.6) is 0 Å². The fourth-order valence-corrected chi connectivity index (χ4v) is 2.25. The normalized spacial score (nSPS) is 12.9. The van der Waals surface area contributed by atoms with Crippen LogP contribution in [0.3, 0.4) is 0 Å². The first kappa shape index (κ1) is 11.4. The Kier molecular flexibility index (Phi) is 3.74. The molecule has 1 atom stereocenters. The van der Waals surface area contributed by atoms with E-state index >= 15 is 0 Å². The van der Waals surface area contributed by atoms with Crippen LogP contribution in [-0.4, -0.2) is 11.5 Å². The van der Waals surface area contributed by atoms with Gasteiger partial charge in [0.1, 0.15) is 5.76 Å². The highest BCUT2D eigenvalue weighted by Crippen LogP contribution is 2.16. The Balaban J connectivity index is 1.78. The van der Waals surface area contributed by atoms with Crippen LogP contribution in [0.1, 0.15) is 29.2 Å². The third-order valence-electron chi connectivity index (χ3n) is 2.58. The highest BCUT2D eigenvalue weighted by Gasteiger charge is 2.08. The van der Waals surface area contributed by atoms with Gasteiger partial charge in [-0.15, -0.1) is 11.3 Å². The summed E-state index contributed by atoms with van der Waals surface area (Å²) in [5.74, 6) is 1.47. The molecule has 0 aliphatic carbocycles. The molecule has 2 rings (SSSR count). The summed E-state index contributed by atoms with van der Waals surface area (Å²) in [5.41, 5.74) is 1.20. The molecule has 86 valence electrons. The van der Waals surface area contributed by atoms with Crippen molar-refractivity contribution in [3.8, 4) is 0 Å². The van der Waals surface area contributed by atoms with E-state index in [0.29, 0.717) is 5.92 Å². The first-order valence-corrected chi connectivity index (χ1v) is 6.28. The fourth-order valence-electron chi connectivity index (χ4n) is 1.55. The van der Waals surface area contributed by atoms with E-state index in [0.717, 1.165) is 18.8 Å². The maximum atomic E-state index is 5.36. The SMILES string of the molecule is Cc1ccoc1CNCC(C)c1nccs1. The van der Waals surface area contributed by atoms with Crippen molar-refractivity contribution in [2.24, 2.45) is 0 Å². The Morgan fingerprint density at radius 3 is 3.06 bits per heavy atom. The lowest BCUT2D eigenvalue weighted by atomic mass is 10.2. The maximum absolute atomic E-state index is 5.36. The summed E-state index contributed by atoms with van der Waals surface area (Å²) in [4.78, 5) is 4.30. The predicted molar refractivity (Wildman–Crippen MR) is 65.7 cm³/mol. The largest absolute Gasteiger partial charge is 0.468 e. The van der Waals surface area contributed by atoms with Gasteiger partial charge in [0.25, 0.3) is 0 Å². The van der Waals surface area contributed by atoms with E-state index in [1.807, 2.05) is 17.6 Å². The second kappa shape index (κ2) is 5.27. The van der Waals surface area contributed by atoms with Gasteiger partial charge in [0.15, 0.2) is 0 Å². The Morgan fingerprint density at radius 1 is 1.56 bits per heavy atom. The summed E-state index contributed by atoms with van der Waals surface area (Å²) in [6.45, 7) is 5.95. The molecule has 2 aromatic rings. The van der Waals surface area contributed by atoms with Crippen molar-refractivity contribution in [1.82, 2.24) is 10.3 Å². The summed E-state index contributed by atoms with van der Waals surface area (Å²) in [7, 11) is 0. The van der Waals surface area contributed by atoms with Gasteiger partial charge in [-0.1, -0.05) is 6.92 Å². The number of nitrogens with zero attached hydrogens (tertiary/aromatic N) is 1. The van der Waals surface area contributed by atoms with Gasteiger partial charge in [-0.05, 0) is 18.6 Å². The summed E-state index contributed by atoms with van der Waals surface area (Å²) < 4.78 is 5.36. The molecular formula is C12H16N2OS. The number of nitrogens with one attached hydrogen (secondary N) is 1. The van der Waals surface area contributed by atoms with Gasteiger partial charge in [0, 0.05) is 24.0 Å². The quantitative estimate of drug-likeness (QED) is 0.867. The van der Waals surface area contributed by atoms with Crippen LogP contribution >= 0.6 is 11.3 Å². The molecular weight excluding hydrogens is 220 g/mol. The van der Waals surface area contributed by atoms with Crippen molar-refractivity contribution in [3.63, 3.8) is 0 Å². The van der Waals surface area contributed by atoms with Crippen LogP contribution in [0.4, 0.5) is 0 Å². The lowest BCUT2D eigenvalue weighted by molar-refractivity contribution is 0.474. The number of aromatic nitrogens is 1. The molecule has 0 aromatic carbocycles. The van der Waals surface area contributed by atoms with Crippen LogP contribution < -0.4 is 5.32 Å². The van der Waals surface area contributed by atoms with Gasteiger partial charge >= 0.3 is 0 Å². The van der Waals surface area contributed by atoms with Crippen LogP contribution in [0.25, 0.3) is 0 Å². The molecule has 2 heterocycles. The van der Waals surface area contributed by atoms with Crippen LogP contribution in [0.15, 0.2) is 28.3 Å². The minimum Gasteiger partial charge on any atom is -0.468 e. The van der Waals surface area contributed by atoms with Crippen LogP contribution in [-0.2, 0) is 6.54 Å². The summed E-state index contributed by atoms with van der Waals surface area (Å²) >= 11 is 1.71. The molecule has 1 N–H and O–H groups in total.